The number of rotatable bonds is 4. The largest absolute Gasteiger partial charge is 0.465 e. The third-order valence-electron chi connectivity index (χ3n) is 4.70. The molecular formula is C23H19N3O2. The van der Waals surface area contributed by atoms with Crippen LogP contribution in [0.4, 0.5) is 0 Å². The zero-order valence-corrected chi connectivity index (χ0v) is 15.6. The first kappa shape index (κ1) is 17.7. The number of ether oxygens (including phenoxy) is 1. The molecule has 0 amide bonds. The van der Waals surface area contributed by atoms with E-state index in [0.717, 1.165) is 27.8 Å². The SMILES string of the molecule is COC(=O)c1cccc(-c2n[nH]c(-c3cccc(-c4ccccc4)c3C)n2)c1. The van der Waals surface area contributed by atoms with E-state index < -0.39 is 0 Å². The molecule has 0 aliphatic heterocycles. The van der Waals surface area contributed by atoms with Crippen molar-refractivity contribution in [3.63, 3.8) is 0 Å². The van der Waals surface area contributed by atoms with Crippen molar-refractivity contribution in [1.29, 1.82) is 0 Å². The average molecular weight is 369 g/mol. The van der Waals surface area contributed by atoms with Gasteiger partial charge in [-0.05, 0) is 35.7 Å². The van der Waals surface area contributed by atoms with Crippen molar-refractivity contribution in [3.05, 3.63) is 83.9 Å². The summed E-state index contributed by atoms with van der Waals surface area (Å²) < 4.78 is 4.79. The Morgan fingerprint density at radius 3 is 2.39 bits per heavy atom. The van der Waals surface area contributed by atoms with E-state index in [1.807, 2.05) is 36.4 Å². The van der Waals surface area contributed by atoms with Crippen LogP contribution in [0.5, 0.6) is 0 Å². The summed E-state index contributed by atoms with van der Waals surface area (Å²) in [6, 6.07) is 23.5. The van der Waals surface area contributed by atoms with Crippen molar-refractivity contribution in [3.8, 4) is 33.9 Å². The molecule has 4 rings (SSSR count). The van der Waals surface area contributed by atoms with Crippen LogP contribution < -0.4 is 0 Å². The number of carbonyl (C=O) groups excluding carboxylic acids is 1. The predicted molar refractivity (Wildman–Crippen MR) is 109 cm³/mol. The Morgan fingerprint density at radius 2 is 1.61 bits per heavy atom. The van der Waals surface area contributed by atoms with Crippen LogP contribution in [-0.2, 0) is 4.74 Å². The Bertz CT molecular complexity index is 1130. The van der Waals surface area contributed by atoms with Gasteiger partial charge < -0.3 is 4.74 Å². The summed E-state index contributed by atoms with van der Waals surface area (Å²) in [4.78, 5) is 16.4. The highest BCUT2D eigenvalue weighted by molar-refractivity contribution is 5.90. The lowest BCUT2D eigenvalue weighted by Crippen LogP contribution is -2.00. The Hall–Kier alpha value is -3.73. The molecule has 28 heavy (non-hydrogen) atoms. The normalized spacial score (nSPS) is 10.6. The standard InChI is InChI=1S/C23H19N3O2/c1-15-19(16-8-4-3-5-9-16)12-7-13-20(15)22-24-21(25-26-22)17-10-6-11-18(14-17)23(27)28-2/h3-14H,1-2H3,(H,24,25,26). The van der Waals surface area contributed by atoms with Gasteiger partial charge in [0.25, 0.3) is 0 Å². The van der Waals surface area contributed by atoms with Gasteiger partial charge in [0.1, 0.15) is 0 Å². The van der Waals surface area contributed by atoms with Crippen LogP contribution in [-0.4, -0.2) is 28.3 Å². The van der Waals surface area contributed by atoms with E-state index >= 15 is 0 Å². The summed E-state index contributed by atoms with van der Waals surface area (Å²) in [7, 11) is 1.36. The van der Waals surface area contributed by atoms with Crippen molar-refractivity contribution in [2.75, 3.05) is 7.11 Å². The van der Waals surface area contributed by atoms with Gasteiger partial charge in [0.05, 0.1) is 12.7 Å². The lowest BCUT2D eigenvalue weighted by atomic mass is 9.96. The van der Waals surface area contributed by atoms with Gasteiger partial charge in [-0.25, -0.2) is 9.78 Å². The van der Waals surface area contributed by atoms with Gasteiger partial charge in [-0.3, -0.25) is 5.10 Å². The van der Waals surface area contributed by atoms with Crippen LogP contribution in [0, 0.1) is 6.92 Å². The molecular weight excluding hydrogens is 350 g/mol. The molecule has 0 bridgehead atoms. The molecule has 0 fully saturated rings. The molecule has 138 valence electrons. The molecule has 0 aliphatic carbocycles. The number of hydrogen-bond donors (Lipinski definition) is 1. The third-order valence-corrected chi connectivity index (χ3v) is 4.70. The number of aromatic amines is 1. The molecule has 5 heteroatoms. The molecule has 0 saturated heterocycles. The maximum Gasteiger partial charge on any atom is 0.337 e. The molecule has 4 aromatic rings. The Labute approximate surface area is 163 Å². The predicted octanol–water partition coefficient (Wildman–Crippen LogP) is 4.90. The zero-order chi connectivity index (χ0) is 19.5. The van der Waals surface area contributed by atoms with E-state index in [1.54, 1.807) is 18.2 Å². The molecule has 0 saturated carbocycles. The van der Waals surface area contributed by atoms with Gasteiger partial charge in [0.2, 0.25) is 0 Å². The number of H-pyrrole nitrogens is 1. The molecule has 0 spiro atoms. The molecule has 0 atom stereocenters. The Kier molecular flexibility index (Phi) is 4.72. The Balaban J connectivity index is 1.72. The molecule has 0 radical (unpaired) electrons. The quantitative estimate of drug-likeness (QED) is 0.520. The minimum Gasteiger partial charge on any atom is -0.465 e. The van der Waals surface area contributed by atoms with E-state index in [0.29, 0.717) is 17.2 Å². The maximum atomic E-state index is 11.8. The molecule has 5 nitrogen and oxygen atoms in total. The molecule has 1 aromatic heterocycles. The van der Waals surface area contributed by atoms with Gasteiger partial charge in [-0.1, -0.05) is 60.7 Å². The average Bonchev–Trinajstić information content (AvgIpc) is 3.24. The van der Waals surface area contributed by atoms with E-state index in [9.17, 15) is 4.79 Å². The lowest BCUT2D eigenvalue weighted by Gasteiger charge is -2.09. The van der Waals surface area contributed by atoms with E-state index in [2.05, 4.69) is 40.3 Å². The van der Waals surface area contributed by atoms with Crippen molar-refractivity contribution in [2.45, 2.75) is 6.92 Å². The topological polar surface area (TPSA) is 67.9 Å². The zero-order valence-electron chi connectivity index (χ0n) is 15.6. The van der Waals surface area contributed by atoms with Crippen LogP contribution in [0.1, 0.15) is 15.9 Å². The monoisotopic (exact) mass is 369 g/mol. The molecule has 1 heterocycles. The van der Waals surface area contributed by atoms with Gasteiger partial charge in [0.15, 0.2) is 11.6 Å². The van der Waals surface area contributed by atoms with Gasteiger partial charge >= 0.3 is 5.97 Å². The van der Waals surface area contributed by atoms with E-state index in [-0.39, 0.29) is 5.97 Å². The number of nitrogens with zero attached hydrogens (tertiary/aromatic N) is 2. The fourth-order valence-electron chi connectivity index (χ4n) is 3.24. The van der Waals surface area contributed by atoms with Gasteiger partial charge in [0, 0.05) is 11.1 Å². The lowest BCUT2D eigenvalue weighted by molar-refractivity contribution is 0.0601. The molecule has 3 aromatic carbocycles. The minimum atomic E-state index is -0.385. The molecule has 0 unspecified atom stereocenters. The summed E-state index contributed by atoms with van der Waals surface area (Å²) >= 11 is 0. The van der Waals surface area contributed by atoms with E-state index in [1.165, 1.54) is 7.11 Å². The molecule has 0 aliphatic rings. The van der Waals surface area contributed by atoms with Crippen LogP contribution >= 0.6 is 0 Å². The van der Waals surface area contributed by atoms with Crippen molar-refractivity contribution < 1.29 is 9.53 Å². The summed E-state index contributed by atoms with van der Waals surface area (Å²) in [6.45, 7) is 2.08. The summed E-state index contributed by atoms with van der Waals surface area (Å²) in [5.41, 5.74) is 5.65. The van der Waals surface area contributed by atoms with Gasteiger partial charge in [-0.2, -0.15) is 5.10 Å². The number of nitrogens with one attached hydrogen (secondary N) is 1. The number of carbonyl (C=O) groups is 1. The first-order chi connectivity index (χ1) is 13.7. The first-order valence-corrected chi connectivity index (χ1v) is 8.94. The third kappa shape index (κ3) is 3.30. The second-order valence-corrected chi connectivity index (χ2v) is 6.42. The first-order valence-electron chi connectivity index (χ1n) is 8.94. The highest BCUT2D eigenvalue weighted by Gasteiger charge is 2.14. The number of hydrogen-bond acceptors (Lipinski definition) is 4. The van der Waals surface area contributed by atoms with E-state index in [4.69, 9.17) is 4.74 Å². The van der Waals surface area contributed by atoms with Crippen molar-refractivity contribution in [1.82, 2.24) is 15.2 Å². The van der Waals surface area contributed by atoms with Crippen molar-refractivity contribution >= 4 is 5.97 Å². The maximum absolute atomic E-state index is 11.8. The highest BCUT2D eigenvalue weighted by atomic mass is 16.5. The number of benzene rings is 3. The van der Waals surface area contributed by atoms with Crippen LogP contribution in [0.25, 0.3) is 33.9 Å². The summed E-state index contributed by atoms with van der Waals surface area (Å²) in [5.74, 6) is 0.836. The second kappa shape index (κ2) is 7.48. The minimum absolute atomic E-state index is 0.385. The smallest absolute Gasteiger partial charge is 0.337 e. The second-order valence-electron chi connectivity index (χ2n) is 6.42. The van der Waals surface area contributed by atoms with Crippen molar-refractivity contribution in [2.24, 2.45) is 0 Å². The fraction of sp³-hybridized carbons (Fsp3) is 0.0870. The summed E-state index contributed by atoms with van der Waals surface area (Å²) in [5, 5.41) is 7.37. The van der Waals surface area contributed by atoms with Crippen LogP contribution in [0.2, 0.25) is 0 Å². The van der Waals surface area contributed by atoms with Crippen LogP contribution in [0.3, 0.4) is 0 Å². The summed E-state index contributed by atoms with van der Waals surface area (Å²) in [6.07, 6.45) is 0. The fourth-order valence-corrected chi connectivity index (χ4v) is 3.24. The van der Waals surface area contributed by atoms with Crippen LogP contribution in [0.15, 0.2) is 72.8 Å². The number of aromatic nitrogens is 3. The number of esters is 1. The number of methoxy groups -OCH3 is 1. The Morgan fingerprint density at radius 1 is 0.893 bits per heavy atom. The molecule has 1 N–H and O–H groups in total. The highest BCUT2D eigenvalue weighted by Crippen LogP contribution is 2.30. The van der Waals surface area contributed by atoms with Gasteiger partial charge in [-0.15, -0.1) is 0 Å².